The smallest absolute Gasteiger partial charge is 0.306 e. The van der Waals surface area contributed by atoms with E-state index < -0.39 is 12.2 Å². The van der Waals surface area contributed by atoms with E-state index in [1.807, 2.05) is 0 Å². The third kappa shape index (κ3) is 27.7. The summed E-state index contributed by atoms with van der Waals surface area (Å²) in [5.74, 6) is -0.382. The van der Waals surface area contributed by atoms with Gasteiger partial charge in [-0.2, -0.15) is 0 Å². The molecule has 0 aliphatic carbocycles. The maximum atomic E-state index is 12.4. The van der Waals surface area contributed by atoms with Crippen LogP contribution in [0.5, 0.6) is 0 Å². The Morgan fingerprint density at radius 3 is 0.867 bits per heavy atom. The number of hydrogen-bond donors (Lipinski definition) is 0. The van der Waals surface area contributed by atoms with Gasteiger partial charge in [-0.25, -0.2) is 0 Å². The minimum atomic E-state index is -0.459. The number of carbonyl (C=O) groups is 2. The summed E-state index contributed by atoms with van der Waals surface area (Å²) in [6.45, 7) is 5.20. The van der Waals surface area contributed by atoms with E-state index >= 15 is 0 Å². The predicted molar refractivity (Wildman–Crippen MR) is 190 cm³/mol. The van der Waals surface area contributed by atoms with E-state index in [0.29, 0.717) is 26.1 Å². The van der Waals surface area contributed by atoms with Crippen molar-refractivity contribution in [3.63, 3.8) is 0 Å². The average Bonchev–Trinajstić information content (AvgIpc) is 3.46. The highest BCUT2D eigenvalue weighted by Crippen LogP contribution is 2.19. The molecule has 1 rings (SSSR count). The van der Waals surface area contributed by atoms with E-state index in [1.165, 1.54) is 167 Å². The van der Waals surface area contributed by atoms with E-state index in [2.05, 4.69) is 13.8 Å². The molecule has 2 atom stereocenters. The molecule has 0 spiro atoms. The van der Waals surface area contributed by atoms with Gasteiger partial charge in [0.05, 0.1) is 13.2 Å². The first kappa shape index (κ1) is 41.9. The summed E-state index contributed by atoms with van der Waals surface area (Å²) in [4.78, 5) is 24.7. The van der Waals surface area contributed by atoms with Crippen molar-refractivity contribution in [2.75, 3.05) is 13.2 Å². The van der Waals surface area contributed by atoms with Crippen molar-refractivity contribution in [2.24, 2.45) is 0 Å². The maximum absolute atomic E-state index is 12.4. The first-order chi connectivity index (χ1) is 22.2. The zero-order chi connectivity index (χ0) is 32.5. The SMILES string of the molecule is CCCCCCCCCCCCCCCCCC(=O)OC1COCC1OC(=O)CCCCCCCCCCCCCCCCC. The summed E-state index contributed by atoms with van der Waals surface area (Å²) in [6.07, 6.45) is 39.2. The number of hydrogen-bond acceptors (Lipinski definition) is 5. The molecule has 0 N–H and O–H groups in total. The van der Waals surface area contributed by atoms with E-state index in [4.69, 9.17) is 14.2 Å². The van der Waals surface area contributed by atoms with Crippen LogP contribution < -0.4 is 0 Å². The van der Waals surface area contributed by atoms with Gasteiger partial charge < -0.3 is 14.2 Å². The van der Waals surface area contributed by atoms with Crippen LogP contribution >= 0.6 is 0 Å². The molecule has 1 aliphatic heterocycles. The number of rotatable bonds is 34. The van der Waals surface area contributed by atoms with Crippen LogP contribution in [0.3, 0.4) is 0 Å². The molecule has 1 aliphatic rings. The van der Waals surface area contributed by atoms with Gasteiger partial charge in [0.2, 0.25) is 0 Å². The van der Waals surface area contributed by atoms with Gasteiger partial charge in [-0.1, -0.05) is 194 Å². The second-order valence-corrected chi connectivity index (χ2v) is 14.0. The minimum Gasteiger partial charge on any atom is -0.456 e. The number of unbranched alkanes of at least 4 members (excludes halogenated alkanes) is 28. The van der Waals surface area contributed by atoms with Crippen molar-refractivity contribution in [3.05, 3.63) is 0 Å². The maximum Gasteiger partial charge on any atom is 0.306 e. The lowest BCUT2D eigenvalue weighted by atomic mass is 10.0. The molecule has 2 unspecified atom stereocenters. The summed E-state index contributed by atoms with van der Waals surface area (Å²) >= 11 is 0. The first-order valence-corrected chi connectivity index (χ1v) is 20.1. The lowest BCUT2D eigenvalue weighted by Crippen LogP contribution is -2.33. The average molecular weight is 637 g/mol. The standard InChI is InChI=1S/C40H76O5/c1-3-5-7-9-11-13-15-17-19-21-23-25-27-29-31-33-39(41)44-37-35-43-36-38(37)45-40(42)34-32-30-28-26-24-22-20-18-16-14-12-10-8-6-4-2/h37-38H,3-36H2,1-2H3. The van der Waals surface area contributed by atoms with Crippen LogP contribution in [0.2, 0.25) is 0 Å². The zero-order valence-corrected chi connectivity index (χ0v) is 30.2. The molecule has 1 fully saturated rings. The lowest BCUT2D eigenvalue weighted by Gasteiger charge is -2.18. The van der Waals surface area contributed by atoms with E-state index in [-0.39, 0.29) is 11.9 Å². The number of esters is 2. The summed E-state index contributed by atoms with van der Waals surface area (Å²) in [6, 6.07) is 0. The van der Waals surface area contributed by atoms with E-state index in [1.54, 1.807) is 0 Å². The third-order valence-corrected chi connectivity index (χ3v) is 9.51. The number of ether oxygens (including phenoxy) is 3. The van der Waals surface area contributed by atoms with Crippen LogP contribution in [0.15, 0.2) is 0 Å². The Morgan fingerprint density at radius 1 is 0.400 bits per heavy atom. The highest BCUT2D eigenvalue weighted by atomic mass is 16.6. The molecule has 5 heteroatoms. The quantitative estimate of drug-likeness (QED) is 0.0519. The molecule has 1 saturated heterocycles. The molecule has 0 saturated carbocycles. The molecule has 0 aromatic rings. The Labute approximate surface area is 280 Å². The monoisotopic (exact) mass is 637 g/mol. The molecule has 0 radical (unpaired) electrons. The second-order valence-electron chi connectivity index (χ2n) is 14.0. The predicted octanol–water partition coefficient (Wildman–Crippen LogP) is 12.4. The van der Waals surface area contributed by atoms with Crippen LogP contribution in [0.1, 0.15) is 219 Å². The molecule has 0 amide bonds. The van der Waals surface area contributed by atoms with Crippen molar-refractivity contribution in [2.45, 2.75) is 232 Å². The Hall–Kier alpha value is -1.10. The van der Waals surface area contributed by atoms with Gasteiger partial charge in [0.25, 0.3) is 0 Å². The molecule has 0 aromatic heterocycles. The van der Waals surface area contributed by atoms with E-state index in [0.717, 1.165) is 25.7 Å². The van der Waals surface area contributed by atoms with Crippen molar-refractivity contribution < 1.29 is 23.8 Å². The van der Waals surface area contributed by atoms with Crippen molar-refractivity contribution in [1.29, 1.82) is 0 Å². The fourth-order valence-electron chi connectivity index (χ4n) is 6.47. The van der Waals surface area contributed by atoms with Crippen LogP contribution in [-0.4, -0.2) is 37.4 Å². The topological polar surface area (TPSA) is 61.8 Å². The fourth-order valence-corrected chi connectivity index (χ4v) is 6.47. The number of carbonyl (C=O) groups excluding carboxylic acids is 2. The Morgan fingerprint density at radius 2 is 0.622 bits per heavy atom. The fraction of sp³-hybridized carbons (Fsp3) is 0.950. The van der Waals surface area contributed by atoms with Gasteiger partial charge in [-0.15, -0.1) is 0 Å². The van der Waals surface area contributed by atoms with Gasteiger partial charge in [0.15, 0.2) is 12.2 Å². The van der Waals surface area contributed by atoms with Crippen LogP contribution in [0.4, 0.5) is 0 Å². The van der Waals surface area contributed by atoms with Gasteiger partial charge in [-0.3, -0.25) is 9.59 Å². The van der Waals surface area contributed by atoms with Crippen LogP contribution in [0.25, 0.3) is 0 Å². The van der Waals surface area contributed by atoms with Crippen LogP contribution in [-0.2, 0) is 23.8 Å². The second kappa shape index (κ2) is 32.8. The normalized spacial score (nSPS) is 16.3. The van der Waals surface area contributed by atoms with Crippen LogP contribution in [0, 0.1) is 0 Å². The van der Waals surface area contributed by atoms with Crippen molar-refractivity contribution in [3.8, 4) is 0 Å². The lowest BCUT2D eigenvalue weighted by molar-refractivity contribution is -0.164. The highest BCUT2D eigenvalue weighted by Gasteiger charge is 2.34. The van der Waals surface area contributed by atoms with E-state index in [9.17, 15) is 9.59 Å². The minimum absolute atomic E-state index is 0.191. The van der Waals surface area contributed by atoms with Crippen molar-refractivity contribution in [1.82, 2.24) is 0 Å². The Bertz CT molecular complexity index is 597. The molecule has 0 aromatic carbocycles. The summed E-state index contributed by atoms with van der Waals surface area (Å²) in [5.41, 5.74) is 0. The Balaban J connectivity index is 1.90. The summed E-state index contributed by atoms with van der Waals surface area (Å²) in [7, 11) is 0. The molecule has 0 bridgehead atoms. The van der Waals surface area contributed by atoms with Gasteiger partial charge in [-0.05, 0) is 12.8 Å². The molecule has 45 heavy (non-hydrogen) atoms. The largest absolute Gasteiger partial charge is 0.456 e. The molecule has 1 heterocycles. The molecular weight excluding hydrogens is 560 g/mol. The molecule has 266 valence electrons. The summed E-state index contributed by atoms with van der Waals surface area (Å²) < 4.78 is 16.7. The molecule has 5 nitrogen and oxygen atoms in total. The summed E-state index contributed by atoms with van der Waals surface area (Å²) in [5, 5.41) is 0. The Kier molecular flexibility index (Phi) is 30.6. The van der Waals surface area contributed by atoms with Crippen molar-refractivity contribution >= 4 is 11.9 Å². The van der Waals surface area contributed by atoms with Gasteiger partial charge >= 0.3 is 11.9 Å². The highest BCUT2D eigenvalue weighted by molar-refractivity contribution is 5.70. The van der Waals surface area contributed by atoms with Gasteiger partial charge in [0.1, 0.15) is 0 Å². The zero-order valence-electron chi connectivity index (χ0n) is 30.2. The first-order valence-electron chi connectivity index (χ1n) is 20.1. The molecular formula is C40H76O5. The van der Waals surface area contributed by atoms with Gasteiger partial charge in [0, 0.05) is 12.8 Å². The third-order valence-electron chi connectivity index (χ3n) is 9.51.